The molecule has 0 spiro atoms. The highest BCUT2D eigenvalue weighted by Gasteiger charge is 2.18. The minimum atomic E-state index is -0.277. The molecule has 0 aromatic heterocycles. The van der Waals surface area contributed by atoms with Gasteiger partial charge in [-0.15, -0.1) is 0 Å². The molecule has 3 N–H and O–H groups in total. The van der Waals surface area contributed by atoms with Gasteiger partial charge in [-0.3, -0.25) is 0 Å². The van der Waals surface area contributed by atoms with E-state index in [4.69, 9.17) is 0 Å². The number of rotatable bonds is 6. The Morgan fingerprint density at radius 3 is 2.17 bits per heavy atom. The van der Waals surface area contributed by atoms with Gasteiger partial charge in [0.1, 0.15) is 0 Å². The Morgan fingerprint density at radius 1 is 1.00 bits per heavy atom. The summed E-state index contributed by atoms with van der Waals surface area (Å²) in [5, 5.41) is 15.0. The lowest BCUT2D eigenvalue weighted by Crippen LogP contribution is -2.45. The minimum absolute atomic E-state index is 0.0650. The van der Waals surface area contributed by atoms with Crippen molar-refractivity contribution in [3.05, 3.63) is 71.3 Å². The molecular formula is C19H24N2O2. The molecule has 2 aromatic carbocycles. The first kappa shape index (κ1) is 17.0. The Morgan fingerprint density at radius 2 is 1.61 bits per heavy atom. The standard InChI is InChI=1S/C19H24N2O2/c1-3-17(13-22)20-19(23)21-18(15-7-5-4-6-8-15)16-11-9-14(2)10-12-16/h4-12,17-18,22H,3,13H2,1-2H3,(H2,20,21,23). The highest BCUT2D eigenvalue weighted by molar-refractivity contribution is 5.75. The molecule has 0 aliphatic rings. The van der Waals surface area contributed by atoms with E-state index in [9.17, 15) is 9.90 Å². The second kappa shape index (κ2) is 8.34. The number of hydrogen-bond acceptors (Lipinski definition) is 2. The topological polar surface area (TPSA) is 61.4 Å². The lowest BCUT2D eigenvalue weighted by molar-refractivity contribution is 0.213. The largest absolute Gasteiger partial charge is 0.394 e. The predicted octanol–water partition coefficient (Wildman–Crippen LogP) is 3.15. The fourth-order valence-electron chi connectivity index (χ4n) is 2.40. The Kier molecular flexibility index (Phi) is 6.18. The van der Waals surface area contributed by atoms with Crippen LogP contribution in [0, 0.1) is 6.92 Å². The van der Waals surface area contributed by atoms with Crippen LogP contribution in [0.15, 0.2) is 54.6 Å². The fourth-order valence-corrected chi connectivity index (χ4v) is 2.40. The van der Waals surface area contributed by atoms with Crippen molar-refractivity contribution < 1.29 is 9.90 Å². The van der Waals surface area contributed by atoms with Crippen LogP contribution in [0.1, 0.15) is 36.1 Å². The normalized spacial score (nSPS) is 13.2. The number of aryl methyl sites for hydroxylation is 1. The van der Waals surface area contributed by atoms with Gasteiger partial charge in [0.25, 0.3) is 0 Å². The first-order valence-electron chi connectivity index (χ1n) is 7.93. The van der Waals surface area contributed by atoms with Gasteiger partial charge in [-0.05, 0) is 24.5 Å². The average Bonchev–Trinajstić information content (AvgIpc) is 2.59. The SMILES string of the molecule is CCC(CO)NC(=O)NC(c1ccccc1)c1ccc(C)cc1. The van der Waals surface area contributed by atoms with Crippen LogP contribution < -0.4 is 10.6 Å². The molecular weight excluding hydrogens is 288 g/mol. The number of aliphatic hydroxyl groups excluding tert-OH is 1. The summed E-state index contributed by atoms with van der Waals surface area (Å²) in [6.07, 6.45) is 0.685. The quantitative estimate of drug-likeness (QED) is 0.767. The van der Waals surface area contributed by atoms with Crippen molar-refractivity contribution in [2.24, 2.45) is 0 Å². The van der Waals surface area contributed by atoms with Crippen LogP contribution in [0.4, 0.5) is 4.79 Å². The number of hydrogen-bond donors (Lipinski definition) is 3. The molecule has 122 valence electrons. The number of amides is 2. The molecule has 0 saturated heterocycles. The number of carbonyl (C=O) groups excluding carboxylic acids is 1. The van der Waals surface area contributed by atoms with Crippen molar-refractivity contribution in [3.8, 4) is 0 Å². The second-order valence-electron chi connectivity index (χ2n) is 5.66. The number of aliphatic hydroxyl groups is 1. The Balaban J connectivity index is 2.21. The zero-order valence-corrected chi connectivity index (χ0v) is 13.6. The lowest BCUT2D eigenvalue weighted by Gasteiger charge is -2.22. The zero-order chi connectivity index (χ0) is 16.7. The van der Waals surface area contributed by atoms with Gasteiger partial charge in [-0.25, -0.2) is 4.79 Å². The Labute approximate surface area is 137 Å². The molecule has 4 heteroatoms. The first-order chi connectivity index (χ1) is 11.1. The van der Waals surface area contributed by atoms with E-state index < -0.39 is 0 Å². The van der Waals surface area contributed by atoms with E-state index in [1.54, 1.807) is 0 Å². The van der Waals surface area contributed by atoms with Gasteiger partial charge >= 0.3 is 6.03 Å². The molecule has 0 heterocycles. The highest BCUT2D eigenvalue weighted by atomic mass is 16.3. The molecule has 23 heavy (non-hydrogen) atoms. The predicted molar refractivity (Wildman–Crippen MR) is 92.3 cm³/mol. The van der Waals surface area contributed by atoms with Gasteiger partial charge < -0.3 is 15.7 Å². The van der Waals surface area contributed by atoms with Gasteiger partial charge in [0.2, 0.25) is 0 Å². The van der Waals surface area contributed by atoms with Crippen molar-refractivity contribution >= 4 is 6.03 Å². The van der Waals surface area contributed by atoms with Gasteiger partial charge in [-0.2, -0.15) is 0 Å². The molecule has 4 nitrogen and oxygen atoms in total. The monoisotopic (exact) mass is 312 g/mol. The van der Waals surface area contributed by atoms with Gasteiger partial charge in [0, 0.05) is 0 Å². The van der Waals surface area contributed by atoms with Crippen LogP contribution in [0.5, 0.6) is 0 Å². The maximum absolute atomic E-state index is 12.3. The van der Waals surface area contributed by atoms with Crippen molar-refractivity contribution in [2.45, 2.75) is 32.4 Å². The van der Waals surface area contributed by atoms with Crippen molar-refractivity contribution in [1.82, 2.24) is 10.6 Å². The summed E-state index contributed by atoms with van der Waals surface area (Å²) in [6.45, 7) is 3.90. The molecule has 0 radical (unpaired) electrons. The number of urea groups is 1. The Hall–Kier alpha value is -2.33. The summed E-state index contributed by atoms with van der Waals surface area (Å²) < 4.78 is 0. The van der Waals surface area contributed by atoms with E-state index in [0.717, 1.165) is 11.1 Å². The third kappa shape index (κ3) is 4.83. The van der Waals surface area contributed by atoms with E-state index in [2.05, 4.69) is 10.6 Å². The van der Waals surface area contributed by atoms with Crippen LogP contribution >= 0.6 is 0 Å². The molecule has 0 aliphatic carbocycles. The molecule has 2 unspecified atom stereocenters. The highest BCUT2D eigenvalue weighted by Crippen LogP contribution is 2.22. The lowest BCUT2D eigenvalue weighted by atomic mass is 9.98. The molecule has 2 amide bonds. The average molecular weight is 312 g/mol. The summed E-state index contributed by atoms with van der Waals surface area (Å²) in [5.41, 5.74) is 3.22. The molecule has 0 fully saturated rings. The van der Waals surface area contributed by atoms with E-state index in [1.807, 2.05) is 68.4 Å². The second-order valence-corrected chi connectivity index (χ2v) is 5.66. The van der Waals surface area contributed by atoms with Gasteiger partial charge in [0.05, 0.1) is 18.7 Å². The first-order valence-corrected chi connectivity index (χ1v) is 7.93. The summed E-state index contributed by atoms with van der Waals surface area (Å²) in [4.78, 5) is 12.3. The van der Waals surface area contributed by atoms with Crippen LogP contribution in [-0.4, -0.2) is 23.8 Å². The smallest absolute Gasteiger partial charge is 0.315 e. The molecule has 0 saturated carbocycles. The van der Waals surface area contributed by atoms with Crippen molar-refractivity contribution in [3.63, 3.8) is 0 Å². The van der Waals surface area contributed by atoms with Crippen LogP contribution in [0.25, 0.3) is 0 Å². The number of nitrogens with one attached hydrogen (secondary N) is 2. The third-order valence-electron chi connectivity index (χ3n) is 3.87. The number of carbonyl (C=O) groups is 1. The van der Waals surface area contributed by atoms with E-state index in [-0.39, 0.29) is 24.7 Å². The van der Waals surface area contributed by atoms with Gasteiger partial charge in [0.15, 0.2) is 0 Å². The molecule has 0 aliphatic heterocycles. The van der Waals surface area contributed by atoms with E-state index >= 15 is 0 Å². The summed E-state index contributed by atoms with van der Waals surface area (Å²) in [6, 6.07) is 17.2. The van der Waals surface area contributed by atoms with E-state index in [1.165, 1.54) is 5.56 Å². The summed E-state index contributed by atoms with van der Waals surface area (Å²) in [5.74, 6) is 0. The maximum atomic E-state index is 12.3. The Bertz CT molecular complexity index is 607. The molecule has 0 bridgehead atoms. The van der Waals surface area contributed by atoms with Crippen LogP contribution in [-0.2, 0) is 0 Å². The van der Waals surface area contributed by atoms with Crippen molar-refractivity contribution in [2.75, 3.05) is 6.61 Å². The van der Waals surface area contributed by atoms with Crippen LogP contribution in [0.2, 0.25) is 0 Å². The molecule has 2 rings (SSSR count). The minimum Gasteiger partial charge on any atom is -0.394 e. The number of benzene rings is 2. The third-order valence-corrected chi connectivity index (χ3v) is 3.87. The zero-order valence-electron chi connectivity index (χ0n) is 13.6. The summed E-state index contributed by atoms with van der Waals surface area (Å²) >= 11 is 0. The van der Waals surface area contributed by atoms with E-state index in [0.29, 0.717) is 6.42 Å². The van der Waals surface area contributed by atoms with Gasteiger partial charge in [-0.1, -0.05) is 67.1 Å². The van der Waals surface area contributed by atoms with Crippen molar-refractivity contribution in [1.29, 1.82) is 0 Å². The fraction of sp³-hybridized carbons (Fsp3) is 0.316. The summed E-state index contributed by atoms with van der Waals surface area (Å²) in [7, 11) is 0. The molecule has 2 aromatic rings. The van der Waals surface area contributed by atoms with Crippen LogP contribution in [0.3, 0.4) is 0 Å². The maximum Gasteiger partial charge on any atom is 0.315 e. The molecule has 2 atom stereocenters.